The van der Waals surface area contributed by atoms with Crippen molar-refractivity contribution in [3.8, 4) is 0 Å². The molecule has 8 nitrogen and oxygen atoms in total. The van der Waals surface area contributed by atoms with Crippen LogP contribution in [0.4, 0.5) is 5.69 Å². The topological polar surface area (TPSA) is 96.0 Å². The van der Waals surface area contributed by atoms with Gasteiger partial charge in [0.2, 0.25) is 5.91 Å². The fourth-order valence-corrected chi connectivity index (χ4v) is 4.19. The maximum absolute atomic E-state index is 12.6. The van der Waals surface area contributed by atoms with Crippen LogP contribution in [0.2, 0.25) is 5.02 Å². The van der Waals surface area contributed by atoms with Gasteiger partial charge in [-0.2, -0.15) is 17.0 Å². The molecule has 1 heterocycles. The molecular weight excluding hydrogens is 394 g/mol. The normalized spacial score (nSPS) is 18.3. The lowest BCUT2D eigenvalue weighted by molar-refractivity contribution is -0.120. The zero-order valence-electron chi connectivity index (χ0n) is 15.6. The second-order valence-electron chi connectivity index (χ2n) is 6.39. The van der Waals surface area contributed by atoms with E-state index in [4.69, 9.17) is 16.3 Å². The summed E-state index contributed by atoms with van der Waals surface area (Å²) in [5, 5.41) is 2.97. The van der Waals surface area contributed by atoms with E-state index in [1.165, 1.54) is 30.5 Å². The molecule has 1 aliphatic heterocycles. The van der Waals surface area contributed by atoms with Crippen molar-refractivity contribution in [2.24, 2.45) is 5.92 Å². The van der Waals surface area contributed by atoms with E-state index in [2.05, 4.69) is 5.32 Å². The first-order valence-electron chi connectivity index (χ1n) is 8.62. The Kier molecular flexibility index (Phi) is 7.21. The lowest BCUT2D eigenvalue weighted by Crippen LogP contribution is -2.47. The summed E-state index contributed by atoms with van der Waals surface area (Å²) in [5.74, 6) is -1.35. The smallest absolute Gasteiger partial charge is 0.339 e. The van der Waals surface area contributed by atoms with Crippen molar-refractivity contribution in [2.45, 2.75) is 19.8 Å². The maximum atomic E-state index is 12.6. The summed E-state index contributed by atoms with van der Waals surface area (Å²) in [6.07, 6.45) is 1.18. The van der Waals surface area contributed by atoms with Gasteiger partial charge in [-0.25, -0.2) is 4.79 Å². The molecule has 1 atom stereocenters. The number of halogens is 1. The van der Waals surface area contributed by atoms with Gasteiger partial charge in [0.25, 0.3) is 10.2 Å². The molecule has 0 saturated carbocycles. The molecule has 0 aromatic heterocycles. The standard InChI is InChI=1S/C17H24ClN3O5S/c1-4-26-17(23)14-10-13(7-8-15(14)18)19-16(22)12-6-5-9-21(11-12)27(24,25)20(2)3/h7-8,10,12H,4-6,9,11H2,1-3H3,(H,19,22)/t12-/m0/s1. The Hall–Kier alpha value is -1.68. The largest absolute Gasteiger partial charge is 0.462 e. The van der Waals surface area contributed by atoms with Crippen LogP contribution in [0.15, 0.2) is 18.2 Å². The average Bonchev–Trinajstić information content (AvgIpc) is 2.63. The van der Waals surface area contributed by atoms with Gasteiger partial charge in [0.1, 0.15) is 0 Å². The van der Waals surface area contributed by atoms with Crippen LogP contribution in [0.5, 0.6) is 0 Å². The monoisotopic (exact) mass is 417 g/mol. The van der Waals surface area contributed by atoms with E-state index in [1.807, 2.05) is 0 Å². The van der Waals surface area contributed by atoms with E-state index in [1.54, 1.807) is 13.0 Å². The van der Waals surface area contributed by atoms with Gasteiger partial charge in [-0.15, -0.1) is 0 Å². The summed E-state index contributed by atoms with van der Waals surface area (Å²) in [4.78, 5) is 24.5. The summed E-state index contributed by atoms with van der Waals surface area (Å²) in [6, 6.07) is 4.54. The number of benzene rings is 1. The van der Waals surface area contributed by atoms with Crippen molar-refractivity contribution in [3.63, 3.8) is 0 Å². The Morgan fingerprint density at radius 3 is 2.70 bits per heavy atom. The molecule has 10 heteroatoms. The summed E-state index contributed by atoms with van der Waals surface area (Å²) >= 11 is 6.02. The number of anilines is 1. The number of piperidine rings is 1. The second-order valence-corrected chi connectivity index (χ2v) is 8.94. The minimum atomic E-state index is -3.56. The minimum Gasteiger partial charge on any atom is -0.462 e. The molecule has 1 fully saturated rings. The van der Waals surface area contributed by atoms with Gasteiger partial charge < -0.3 is 10.1 Å². The highest BCUT2D eigenvalue weighted by Crippen LogP contribution is 2.24. The predicted octanol–water partition coefficient (Wildman–Crippen LogP) is 1.97. The van der Waals surface area contributed by atoms with Crippen molar-refractivity contribution in [3.05, 3.63) is 28.8 Å². The van der Waals surface area contributed by atoms with E-state index in [0.29, 0.717) is 25.1 Å². The van der Waals surface area contributed by atoms with Crippen molar-refractivity contribution in [2.75, 3.05) is 39.1 Å². The second kappa shape index (κ2) is 9.01. The number of ether oxygens (including phenoxy) is 1. The Morgan fingerprint density at radius 1 is 1.37 bits per heavy atom. The van der Waals surface area contributed by atoms with E-state index in [9.17, 15) is 18.0 Å². The number of nitrogens with zero attached hydrogens (tertiary/aromatic N) is 2. The molecule has 0 unspecified atom stereocenters. The first-order chi connectivity index (χ1) is 12.7. The number of rotatable bonds is 6. The zero-order valence-corrected chi connectivity index (χ0v) is 17.1. The minimum absolute atomic E-state index is 0.116. The van der Waals surface area contributed by atoms with Gasteiger partial charge in [0.05, 0.1) is 23.1 Å². The summed E-state index contributed by atoms with van der Waals surface area (Å²) in [7, 11) is -0.637. The Morgan fingerprint density at radius 2 is 2.07 bits per heavy atom. The van der Waals surface area contributed by atoms with Crippen molar-refractivity contribution >= 4 is 39.4 Å². The lowest BCUT2D eigenvalue weighted by Gasteiger charge is -2.32. The molecule has 27 heavy (non-hydrogen) atoms. The number of nitrogens with one attached hydrogen (secondary N) is 1. The summed E-state index contributed by atoms with van der Waals surface area (Å²) < 4.78 is 32.0. The molecular formula is C17H24ClN3O5S. The van der Waals surface area contributed by atoms with E-state index >= 15 is 0 Å². The van der Waals surface area contributed by atoms with Crippen LogP contribution in [-0.4, -0.2) is 62.7 Å². The molecule has 1 aliphatic rings. The van der Waals surface area contributed by atoms with Crippen LogP contribution < -0.4 is 5.32 Å². The number of esters is 1. The fourth-order valence-electron chi connectivity index (χ4n) is 2.81. The molecule has 1 aromatic rings. The highest BCUT2D eigenvalue weighted by molar-refractivity contribution is 7.86. The number of amides is 1. The molecule has 150 valence electrons. The highest BCUT2D eigenvalue weighted by atomic mass is 35.5. The van der Waals surface area contributed by atoms with Crippen molar-refractivity contribution in [1.82, 2.24) is 8.61 Å². The molecule has 0 radical (unpaired) electrons. The van der Waals surface area contributed by atoms with Gasteiger partial charge >= 0.3 is 5.97 Å². The Balaban J connectivity index is 2.11. The molecule has 1 N–H and O–H groups in total. The molecule has 0 aliphatic carbocycles. The van der Waals surface area contributed by atoms with E-state index in [-0.39, 0.29) is 29.6 Å². The number of carbonyl (C=O) groups is 2. The Bertz CT molecular complexity index is 813. The van der Waals surface area contributed by atoms with Crippen molar-refractivity contribution < 1.29 is 22.7 Å². The maximum Gasteiger partial charge on any atom is 0.339 e. The highest BCUT2D eigenvalue weighted by Gasteiger charge is 2.33. The molecule has 1 amide bonds. The van der Waals surface area contributed by atoms with Crippen molar-refractivity contribution in [1.29, 1.82) is 0 Å². The van der Waals surface area contributed by atoms with E-state index < -0.39 is 22.1 Å². The SMILES string of the molecule is CCOC(=O)c1cc(NC(=O)[C@H]2CCCN(S(=O)(=O)N(C)C)C2)ccc1Cl. The predicted molar refractivity (Wildman–Crippen MR) is 103 cm³/mol. The molecule has 1 aromatic carbocycles. The first-order valence-corrected chi connectivity index (χ1v) is 10.4. The molecule has 0 bridgehead atoms. The Labute approximate surface area is 164 Å². The number of carbonyl (C=O) groups excluding carboxylic acids is 2. The fraction of sp³-hybridized carbons (Fsp3) is 0.529. The average molecular weight is 418 g/mol. The summed E-state index contributed by atoms with van der Waals surface area (Å²) in [5.41, 5.74) is 0.566. The van der Waals surface area contributed by atoms with Crippen LogP contribution in [0.1, 0.15) is 30.1 Å². The van der Waals surface area contributed by atoms with Gasteiger partial charge in [-0.05, 0) is 38.0 Å². The van der Waals surface area contributed by atoms with Gasteiger partial charge in [0, 0.05) is 32.9 Å². The number of hydrogen-bond acceptors (Lipinski definition) is 5. The molecule has 1 saturated heterocycles. The quantitative estimate of drug-likeness (QED) is 0.714. The third-order valence-corrected chi connectivity index (χ3v) is 6.51. The third-order valence-electron chi connectivity index (χ3n) is 4.27. The van der Waals surface area contributed by atoms with Crippen LogP contribution in [0.25, 0.3) is 0 Å². The molecule has 0 spiro atoms. The van der Waals surface area contributed by atoms with Gasteiger partial charge in [-0.3, -0.25) is 4.79 Å². The van der Waals surface area contributed by atoms with Crippen LogP contribution in [0, 0.1) is 5.92 Å². The summed E-state index contributed by atoms with van der Waals surface area (Å²) in [6.45, 7) is 2.40. The third kappa shape index (κ3) is 5.19. The van der Waals surface area contributed by atoms with Crippen LogP contribution >= 0.6 is 11.6 Å². The van der Waals surface area contributed by atoms with Gasteiger partial charge in [-0.1, -0.05) is 11.6 Å². The first kappa shape index (κ1) is 21.6. The lowest BCUT2D eigenvalue weighted by atomic mass is 9.98. The van der Waals surface area contributed by atoms with E-state index in [0.717, 1.165) is 4.31 Å². The van der Waals surface area contributed by atoms with Crippen LogP contribution in [0.3, 0.4) is 0 Å². The van der Waals surface area contributed by atoms with Gasteiger partial charge in [0.15, 0.2) is 0 Å². The molecule has 2 rings (SSSR count). The number of hydrogen-bond donors (Lipinski definition) is 1. The zero-order chi connectivity index (χ0) is 20.2. The van der Waals surface area contributed by atoms with Crippen LogP contribution in [-0.2, 0) is 19.7 Å².